The van der Waals surface area contributed by atoms with Crippen molar-refractivity contribution in [3.63, 3.8) is 0 Å². The fourth-order valence-corrected chi connectivity index (χ4v) is 2.35. The van der Waals surface area contributed by atoms with Gasteiger partial charge in [-0.2, -0.15) is 0 Å². The topological polar surface area (TPSA) is 47.3 Å². The third kappa shape index (κ3) is 2.31. The van der Waals surface area contributed by atoms with Crippen LogP contribution in [0.4, 0.5) is 8.78 Å². The van der Waals surface area contributed by atoms with Gasteiger partial charge in [-0.1, -0.05) is 6.07 Å². The quantitative estimate of drug-likeness (QED) is 0.630. The van der Waals surface area contributed by atoms with Gasteiger partial charge in [0.15, 0.2) is 11.6 Å². The van der Waals surface area contributed by atoms with Crippen LogP contribution in [0.15, 0.2) is 18.2 Å². The number of ether oxygens (including phenoxy) is 1. The minimum atomic E-state index is -0.871. The van der Waals surface area contributed by atoms with Crippen LogP contribution in [0.25, 0.3) is 0 Å². The Labute approximate surface area is 98.9 Å². The highest BCUT2D eigenvalue weighted by Crippen LogP contribution is 2.37. The highest BCUT2D eigenvalue weighted by molar-refractivity contribution is 5.24. The van der Waals surface area contributed by atoms with Crippen LogP contribution < -0.4 is 11.3 Å². The van der Waals surface area contributed by atoms with Gasteiger partial charge in [0.05, 0.1) is 11.6 Å². The second-order valence-corrected chi connectivity index (χ2v) is 4.54. The van der Waals surface area contributed by atoms with Crippen LogP contribution in [0.3, 0.4) is 0 Å². The van der Waals surface area contributed by atoms with Crippen LogP contribution in [-0.2, 0) is 4.74 Å². The molecule has 1 saturated heterocycles. The van der Waals surface area contributed by atoms with Gasteiger partial charge in [0.2, 0.25) is 0 Å². The summed E-state index contributed by atoms with van der Waals surface area (Å²) in [6.07, 6.45) is 1.78. The minimum Gasteiger partial charge on any atom is -0.373 e. The Morgan fingerprint density at radius 3 is 2.71 bits per heavy atom. The zero-order valence-corrected chi connectivity index (χ0v) is 9.67. The fourth-order valence-electron chi connectivity index (χ4n) is 2.35. The first-order chi connectivity index (χ1) is 8.07. The highest BCUT2D eigenvalue weighted by atomic mass is 19.2. The zero-order chi connectivity index (χ0) is 12.5. The lowest BCUT2D eigenvalue weighted by Gasteiger charge is -2.33. The standard InChI is InChI=1S/C12H16F2N2O/c1-12(5-2-6-17-12)11(16-15)8-3-4-9(13)10(14)7-8/h3-4,7,11,16H,2,5-6,15H2,1H3. The number of nitrogens with two attached hydrogens (primary N) is 1. The second kappa shape index (κ2) is 4.68. The zero-order valence-electron chi connectivity index (χ0n) is 9.67. The lowest BCUT2D eigenvalue weighted by Crippen LogP contribution is -2.44. The molecule has 17 heavy (non-hydrogen) atoms. The largest absolute Gasteiger partial charge is 0.373 e. The Kier molecular flexibility index (Phi) is 3.42. The Balaban J connectivity index is 2.31. The summed E-state index contributed by atoms with van der Waals surface area (Å²) in [6, 6.07) is 3.44. The van der Waals surface area contributed by atoms with Crippen molar-refractivity contribution < 1.29 is 13.5 Å². The van der Waals surface area contributed by atoms with Gasteiger partial charge in [0.25, 0.3) is 0 Å². The number of hydrogen-bond donors (Lipinski definition) is 2. The maximum absolute atomic E-state index is 13.2. The summed E-state index contributed by atoms with van der Waals surface area (Å²) in [7, 11) is 0. The molecule has 3 N–H and O–H groups in total. The van der Waals surface area contributed by atoms with E-state index in [0.29, 0.717) is 12.2 Å². The summed E-state index contributed by atoms with van der Waals surface area (Å²) in [5.41, 5.74) is 2.75. The molecular formula is C12H16F2N2O. The summed E-state index contributed by atoms with van der Waals surface area (Å²) in [5, 5.41) is 0. The van der Waals surface area contributed by atoms with Gasteiger partial charge in [-0.15, -0.1) is 0 Å². The van der Waals surface area contributed by atoms with Crippen molar-refractivity contribution in [2.24, 2.45) is 5.84 Å². The van der Waals surface area contributed by atoms with Crippen LogP contribution >= 0.6 is 0 Å². The molecule has 2 unspecified atom stereocenters. The molecule has 1 heterocycles. The normalized spacial score (nSPS) is 26.1. The molecule has 5 heteroatoms. The SMILES string of the molecule is CC1(C(NN)c2ccc(F)c(F)c2)CCCO1. The summed E-state index contributed by atoms with van der Waals surface area (Å²) in [6.45, 7) is 2.59. The highest BCUT2D eigenvalue weighted by Gasteiger charge is 2.39. The lowest BCUT2D eigenvalue weighted by molar-refractivity contribution is -0.0126. The molecule has 0 spiro atoms. The molecule has 2 atom stereocenters. The van der Waals surface area contributed by atoms with Crippen molar-refractivity contribution in [1.82, 2.24) is 5.43 Å². The third-order valence-electron chi connectivity index (χ3n) is 3.30. The molecule has 94 valence electrons. The number of hydrazine groups is 1. The van der Waals surface area contributed by atoms with Crippen LogP contribution in [0.1, 0.15) is 31.4 Å². The predicted octanol–water partition coefficient (Wildman–Crippen LogP) is 2.04. The van der Waals surface area contributed by atoms with Crippen molar-refractivity contribution in [3.8, 4) is 0 Å². The van der Waals surface area contributed by atoms with Crippen molar-refractivity contribution in [3.05, 3.63) is 35.4 Å². The van der Waals surface area contributed by atoms with Gasteiger partial charge in [-0.25, -0.2) is 8.78 Å². The van der Waals surface area contributed by atoms with Gasteiger partial charge >= 0.3 is 0 Å². The molecular weight excluding hydrogens is 226 g/mol. The smallest absolute Gasteiger partial charge is 0.159 e. The van der Waals surface area contributed by atoms with E-state index in [9.17, 15) is 8.78 Å². The Bertz CT molecular complexity index is 405. The van der Waals surface area contributed by atoms with Crippen molar-refractivity contribution in [2.45, 2.75) is 31.4 Å². The average molecular weight is 242 g/mol. The summed E-state index contributed by atoms with van der Waals surface area (Å²) >= 11 is 0. The lowest BCUT2D eigenvalue weighted by atomic mass is 9.88. The minimum absolute atomic E-state index is 0.347. The maximum atomic E-state index is 13.2. The molecule has 0 amide bonds. The summed E-state index contributed by atoms with van der Waals surface area (Å²) in [4.78, 5) is 0. The first-order valence-electron chi connectivity index (χ1n) is 5.62. The fraction of sp³-hybridized carbons (Fsp3) is 0.500. The molecule has 0 bridgehead atoms. The van der Waals surface area contributed by atoms with Gasteiger partial charge in [-0.05, 0) is 37.5 Å². The molecule has 1 aliphatic heterocycles. The van der Waals surface area contributed by atoms with E-state index in [2.05, 4.69) is 5.43 Å². The summed E-state index contributed by atoms with van der Waals surface area (Å²) < 4.78 is 31.7. The Hall–Kier alpha value is -1.04. The molecule has 0 aliphatic carbocycles. The molecule has 3 nitrogen and oxygen atoms in total. The van der Waals surface area contributed by atoms with Crippen molar-refractivity contribution in [1.29, 1.82) is 0 Å². The molecule has 2 rings (SSSR count). The third-order valence-corrected chi connectivity index (χ3v) is 3.30. The molecule has 0 radical (unpaired) electrons. The monoisotopic (exact) mass is 242 g/mol. The first-order valence-corrected chi connectivity index (χ1v) is 5.62. The Morgan fingerprint density at radius 2 is 2.18 bits per heavy atom. The van der Waals surface area contributed by atoms with E-state index < -0.39 is 17.2 Å². The van der Waals surface area contributed by atoms with E-state index in [4.69, 9.17) is 10.6 Å². The van der Waals surface area contributed by atoms with Crippen LogP contribution in [0.2, 0.25) is 0 Å². The van der Waals surface area contributed by atoms with Crippen LogP contribution in [0.5, 0.6) is 0 Å². The van der Waals surface area contributed by atoms with Crippen LogP contribution in [0, 0.1) is 11.6 Å². The van der Waals surface area contributed by atoms with Crippen molar-refractivity contribution >= 4 is 0 Å². The number of rotatable bonds is 3. The number of halogens is 2. The average Bonchev–Trinajstić information content (AvgIpc) is 2.72. The molecule has 0 saturated carbocycles. The number of benzene rings is 1. The van der Waals surface area contributed by atoms with Crippen molar-refractivity contribution in [2.75, 3.05) is 6.61 Å². The molecule has 1 aromatic carbocycles. The van der Waals surface area contributed by atoms with Gasteiger partial charge in [0.1, 0.15) is 0 Å². The number of hydrogen-bond acceptors (Lipinski definition) is 3. The van der Waals surface area contributed by atoms with E-state index in [0.717, 1.165) is 25.0 Å². The van der Waals surface area contributed by atoms with E-state index in [1.165, 1.54) is 6.07 Å². The number of nitrogens with one attached hydrogen (secondary N) is 1. The van der Waals surface area contributed by atoms with Gasteiger partial charge in [-0.3, -0.25) is 11.3 Å². The summed E-state index contributed by atoms with van der Waals surface area (Å²) in [5.74, 6) is 3.78. The van der Waals surface area contributed by atoms with E-state index in [-0.39, 0.29) is 6.04 Å². The van der Waals surface area contributed by atoms with Gasteiger partial charge < -0.3 is 4.74 Å². The molecule has 1 fully saturated rings. The first kappa shape index (κ1) is 12.4. The van der Waals surface area contributed by atoms with E-state index >= 15 is 0 Å². The molecule has 1 aromatic rings. The Morgan fingerprint density at radius 1 is 1.41 bits per heavy atom. The van der Waals surface area contributed by atoms with Gasteiger partial charge in [0, 0.05) is 6.61 Å². The molecule has 0 aromatic heterocycles. The second-order valence-electron chi connectivity index (χ2n) is 4.54. The van der Waals surface area contributed by atoms with Crippen LogP contribution in [-0.4, -0.2) is 12.2 Å². The maximum Gasteiger partial charge on any atom is 0.159 e. The van der Waals surface area contributed by atoms with E-state index in [1.54, 1.807) is 0 Å². The van der Waals surface area contributed by atoms with E-state index in [1.807, 2.05) is 6.92 Å². The predicted molar refractivity (Wildman–Crippen MR) is 60.0 cm³/mol. The molecule has 1 aliphatic rings.